The van der Waals surface area contributed by atoms with Crippen LogP contribution in [0.1, 0.15) is 83.1 Å². The Labute approximate surface area is 190 Å². The smallest absolute Gasteiger partial charge is 0.189 e. The third-order valence-corrected chi connectivity index (χ3v) is 6.75. The summed E-state index contributed by atoms with van der Waals surface area (Å²) >= 11 is 0. The van der Waals surface area contributed by atoms with Crippen LogP contribution >= 0.6 is 0 Å². The zero-order valence-electron chi connectivity index (χ0n) is 19.8. The van der Waals surface area contributed by atoms with Crippen molar-refractivity contribution in [2.24, 2.45) is 0 Å². The monoisotopic (exact) mass is 456 g/mol. The first kappa shape index (κ1) is 28.0. The third kappa shape index (κ3) is 13.2. The van der Waals surface area contributed by atoms with E-state index < -0.39 is 10.1 Å². The van der Waals surface area contributed by atoms with E-state index in [-0.39, 0.29) is 11.1 Å². The summed E-state index contributed by atoms with van der Waals surface area (Å²) in [5.74, 6) is 0. The summed E-state index contributed by atoms with van der Waals surface area (Å²) in [7, 11) is -2.13. The largest absolute Gasteiger partial charge is 0.744 e. The summed E-state index contributed by atoms with van der Waals surface area (Å²) < 4.78 is 31.2. The van der Waals surface area contributed by atoms with Crippen LogP contribution < -0.4 is 4.90 Å². The van der Waals surface area contributed by atoms with Gasteiger partial charge in [0.1, 0.15) is 16.8 Å². The first-order valence-corrected chi connectivity index (χ1v) is 13.4. The number of aliphatic hydroxyl groups is 1. The van der Waals surface area contributed by atoms with Gasteiger partial charge < -0.3 is 9.66 Å². The minimum Gasteiger partial charge on any atom is -0.744 e. The molecule has 2 unspecified atom stereocenters. The Kier molecular flexibility index (Phi) is 14.3. The van der Waals surface area contributed by atoms with Crippen LogP contribution in [0.5, 0.6) is 0 Å². The first-order chi connectivity index (χ1) is 14.7. The Hall–Kier alpha value is -0.990. The highest BCUT2D eigenvalue weighted by Gasteiger charge is 2.26. The predicted molar refractivity (Wildman–Crippen MR) is 125 cm³/mol. The normalized spacial score (nSPS) is 17.9. The number of rotatable bonds is 13. The van der Waals surface area contributed by atoms with Gasteiger partial charge in [-0.2, -0.15) is 0 Å². The standard InChI is InChI=1S/C17H36N2O.C7H8O3S/c1-3-4-5-6-7-8-9-10-11-12-13-17(20)19-15-14-18(2)16-19;1-6-2-4-7(5-3-6)11(8,9)10/h17,20H,3-16H2,1-2H3;2-5H,1H3,(H,8,9,10). The maximum absolute atomic E-state index is 10.4. The van der Waals surface area contributed by atoms with Crippen molar-refractivity contribution in [1.29, 1.82) is 0 Å². The van der Waals surface area contributed by atoms with Gasteiger partial charge in [-0.3, -0.25) is 9.80 Å². The second kappa shape index (κ2) is 15.8. The maximum Gasteiger partial charge on any atom is 0.189 e. The van der Waals surface area contributed by atoms with Gasteiger partial charge in [-0.1, -0.05) is 82.4 Å². The van der Waals surface area contributed by atoms with Crippen molar-refractivity contribution in [2.75, 3.05) is 26.8 Å². The van der Waals surface area contributed by atoms with E-state index in [2.05, 4.69) is 18.9 Å². The van der Waals surface area contributed by atoms with Gasteiger partial charge in [-0.15, -0.1) is 0 Å². The molecule has 0 aromatic heterocycles. The zero-order chi connectivity index (χ0) is 23.1. The van der Waals surface area contributed by atoms with E-state index in [0.717, 1.165) is 31.7 Å². The SMILES string of the molecule is CCCCCCCCCCCCC(O)[NH+]1CCN(C)C1.Cc1ccc(S(=O)(=O)[O-])cc1. The Balaban J connectivity index is 0.000000367. The Morgan fingerprint density at radius 3 is 1.97 bits per heavy atom. The van der Waals surface area contributed by atoms with Crippen molar-refractivity contribution in [2.45, 2.75) is 95.6 Å². The zero-order valence-corrected chi connectivity index (χ0v) is 20.6. The molecule has 180 valence electrons. The number of nitrogens with one attached hydrogen (secondary N) is 1. The average molecular weight is 457 g/mol. The molecular weight excluding hydrogens is 412 g/mol. The highest BCUT2D eigenvalue weighted by molar-refractivity contribution is 7.85. The van der Waals surface area contributed by atoms with Gasteiger partial charge in [0.15, 0.2) is 6.23 Å². The Bertz CT molecular complexity index is 679. The number of hydrogen-bond acceptors (Lipinski definition) is 5. The second-order valence-electron chi connectivity index (χ2n) is 8.90. The van der Waals surface area contributed by atoms with E-state index in [0.29, 0.717) is 0 Å². The van der Waals surface area contributed by atoms with Gasteiger partial charge in [0.05, 0.1) is 18.0 Å². The van der Waals surface area contributed by atoms with E-state index in [1.165, 1.54) is 81.2 Å². The van der Waals surface area contributed by atoms with Crippen LogP contribution in [0.2, 0.25) is 0 Å². The lowest BCUT2D eigenvalue weighted by Gasteiger charge is -2.19. The topological polar surface area (TPSA) is 85.1 Å². The molecule has 1 aromatic carbocycles. The van der Waals surface area contributed by atoms with Crippen LogP contribution in [0, 0.1) is 6.92 Å². The van der Waals surface area contributed by atoms with Crippen molar-refractivity contribution in [1.82, 2.24) is 4.90 Å². The molecule has 1 heterocycles. The van der Waals surface area contributed by atoms with Gasteiger partial charge in [0, 0.05) is 6.42 Å². The van der Waals surface area contributed by atoms with Crippen molar-refractivity contribution in [3.8, 4) is 0 Å². The van der Waals surface area contributed by atoms with E-state index in [9.17, 15) is 18.1 Å². The molecule has 0 radical (unpaired) electrons. The third-order valence-electron chi connectivity index (χ3n) is 5.90. The molecule has 2 N–H and O–H groups in total. The molecule has 1 aliphatic heterocycles. The summed E-state index contributed by atoms with van der Waals surface area (Å²) in [6.45, 7) is 7.34. The molecule has 0 amide bonds. The molecule has 31 heavy (non-hydrogen) atoms. The lowest BCUT2D eigenvalue weighted by atomic mass is 10.1. The number of aryl methyl sites for hydroxylation is 1. The molecule has 1 fully saturated rings. The number of hydrogen-bond donors (Lipinski definition) is 2. The molecule has 0 bridgehead atoms. The molecule has 1 saturated heterocycles. The van der Waals surface area contributed by atoms with Gasteiger partial charge in [-0.25, -0.2) is 8.42 Å². The molecule has 1 aliphatic rings. The van der Waals surface area contributed by atoms with Gasteiger partial charge in [0.2, 0.25) is 0 Å². The summed E-state index contributed by atoms with van der Waals surface area (Å²) in [6, 6.07) is 5.78. The van der Waals surface area contributed by atoms with Gasteiger partial charge in [-0.05, 0) is 32.5 Å². The molecule has 1 aromatic rings. The lowest BCUT2D eigenvalue weighted by Crippen LogP contribution is -3.14. The van der Waals surface area contributed by atoms with Gasteiger partial charge in [0.25, 0.3) is 0 Å². The number of nitrogens with zero attached hydrogens (tertiary/aromatic N) is 1. The fraction of sp³-hybridized carbons (Fsp3) is 0.750. The number of quaternary nitrogens is 1. The molecule has 2 rings (SSSR count). The van der Waals surface area contributed by atoms with Crippen molar-refractivity contribution in [3.63, 3.8) is 0 Å². The van der Waals surface area contributed by atoms with E-state index in [4.69, 9.17) is 0 Å². The van der Waals surface area contributed by atoms with Crippen LogP contribution in [0.25, 0.3) is 0 Å². The summed E-state index contributed by atoms with van der Waals surface area (Å²) in [6.07, 6.45) is 14.5. The molecule has 6 nitrogen and oxygen atoms in total. The van der Waals surface area contributed by atoms with E-state index in [1.807, 2.05) is 6.92 Å². The fourth-order valence-electron chi connectivity index (χ4n) is 3.85. The van der Waals surface area contributed by atoms with Crippen molar-refractivity contribution < 1.29 is 23.0 Å². The molecule has 7 heteroatoms. The molecule has 2 atom stereocenters. The predicted octanol–water partition coefficient (Wildman–Crippen LogP) is 3.30. The second-order valence-corrected chi connectivity index (χ2v) is 10.3. The minimum atomic E-state index is -4.27. The quantitative estimate of drug-likeness (QED) is 0.351. The van der Waals surface area contributed by atoms with Crippen LogP contribution in [0.3, 0.4) is 0 Å². The van der Waals surface area contributed by atoms with Crippen LogP contribution in [0.15, 0.2) is 29.2 Å². The van der Waals surface area contributed by atoms with Crippen LogP contribution in [-0.4, -0.2) is 56.0 Å². The van der Waals surface area contributed by atoms with E-state index >= 15 is 0 Å². The lowest BCUT2D eigenvalue weighted by molar-refractivity contribution is -0.940. The molecular formula is C24H44N2O4S. The average Bonchev–Trinajstić information content (AvgIpc) is 3.16. The number of likely N-dealkylation sites (N-methyl/N-ethyl adjacent to an activating group) is 1. The molecule has 0 saturated carbocycles. The Morgan fingerprint density at radius 2 is 1.52 bits per heavy atom. The summed E-state index contributed by atoms with van der Waals surface area (Å²) in [5.41, 5.74) is 0.928. The van der Waals surface area contributed by atoms with Crippen molar-refractivity contribution in [3.05, 3.63) is 29.8 Å². The van der Waals surface area contributed by atoms with Crippen LogP contribution in [0.4, 0.5) is 0 Å². The highest BCUT2D eigenvalue weighted by atomic mass is 32.2. The first-order valence-electron chi connectivity index (χ1n) is 12.0. The summed E-state index contributed by atoms with van der Waals surface area (Å²) in [4.78, 5) is 3.49. The fourth-order valence-corrected chi connectivity index (χ4v) is 4.31. The van der Waals surface area contributed by atoms with Crippen LogP contribution in [-0.2, 0) is 10.1 Å². The summed E-state index contributed by atoms with van der Waals surface area (Å²) in [5, 5.41) is 10.1. The number of benzene rings is 1. The minimum absolute atomic E-state index is 0.131. The van der Waals surface area contributed by atoms with E-state index in [1.54, 1.807) is 12.1 Å². The number of aliphatic hydroxyl groups excluding tert-OH is 1. The highest BCUT2D eigenvalue weighted by Crippen LogP contribution is 2.11. The van der Waals surface area contributed by atoms with Crippen molar-refractivity contribution >= 4 is 10.1 Å². The Morgan fingerprint density at radius 1 is 1.00 bits per heavy atom. The number of unbranched alkanes of at least 4 members (excludes halogenated alkanes) is 9. The van der Waals surface area contributed by atoms with Gasteiger partial charge >= 0.3 is 0 Å². The molecule has 0 spiro atoms. The maximum atomic E-state index is 10.4. The molecule has 0 aliphatic carbocycles.